The molecule has 4 heterocycles. The number of hydrogen-bond donors (Lipinski definition) is 0. The predicted octanol–water partition coefficient (Wildman–Crippen LogP) is 4.20. The van der Waals surface area contributed by atoms with Crippen molar-refractivity contribution in [2.24, 2.45) is 0 Å². The van der Waals surface area contributed by atoms with E-state index < -0.39 is 0 Å². The van der Waals surface area contributed by atoms with Crippen molar-refractivity contribution >= 4 is 5.65 Å². The Labute approximate surface area is 194 Å². The van der Waals surface area contributed by atoms with Crippen molar-refractivity contribution in [3.8, 4) is 16.9 Å². The number of hydrogen-bond acceptors (Lipinski definition) is 5. The molecule has 1 fully saturated rings. The first-order valence-electron chi connectivity index (χ1n) is 11.8. The molecule has 0 aliphatic carbocycles. The Morgan fingerprint density at radius 1 is 1.24 bits per heavy atom. The average molecular weight is 450 g/mol. The van der Waals surface area contributed by atoms with Crippen LogP contribution in [-0.2, 0) is 6.42 Å². The molecule has 1 saturated heterocycles. The van der Waals surface area contributed by atoms with Gasteiger partial charge in [-0.05, 0) is 63.9 Å². The van der Waals surface area contributed by atoms with Crippen molar-refractivity contribution < 1.29 is 9.13 Å². The minimum atomic E-state index is -0.299. The Hall–Kier alpha value is -2.77. The van der Waals surface area contributed by atoms with Gasteiger partial charge in [-0.2, -0.15) is 5.10 Å². The molecule has 1 atom stereocenters. The van der Waals surface area contributed by atoms with E-state index in [1.807, 2.05) is 18.3 Å². The van der Waals surface area contributed by atoms with E-state index in [0.29, 0.717) is 29.1 Å². The summed E-state index contributed by atoms with van der Waals surface area (Å²) in [5, 5.41) is 4.38. The lowest BCUT2D eigenvalue weighted by atomic mass is 9.95. The van der Waals surface area contributed by atoms with E-state index >= 15 is 0 Å². The largest absolute Gasteiger partial charge is 0.492 e. The Morgan fingerprint density at radius 2 is 2.12 bits per heavy atom. The van der Waals surface area contributed by atoms with E-state index in [9.17, 15) is 4.39 Å². The second-order valence-electron chi connectivity index (χ2n) is 9.79. The van der Waals surface area contributed by atoms with Crippen LogP contribution in [0.1, 0.15) is 32.4 Å². The number of aromatic nitrogens is 3. The lowest BCUT2D eigenvalue weighted by Gasteiger charge is -2.51. The molecular formula is C26H32FN5O. The van der Waals surface area contributed by atoms with E-state index in [1.165, 1.54) is 6.07 Å². The van der Waals surface area contributed by atoms with Crippen LogP contribution < -0.4 is 4.74 Å². The van der Waals surface area contributed by atoms with Crippen LogP contribution in [-0.4, -0.2) is 68.8 Å². The number of fused-ring (bicyclic) bond motifs is 5. The number of nitrogens with zero attached hydrogens (tertiary/aromatic N) is 5. The maximum atomic E-state index is 14.9. The molecule has 2 aromatic heterocycles. The number of benzene rings is 1. The van der Waals surface area contributed by atoms with Crippen LogP contribution in [0.15, 0.2) is 49.3 Å². The Balaban J connectivity index is 1.50. The molecule has 0 spiro atoms. The molecule has 3 aromatic rings. The molecule has 0 unspecified atom stereocenters. The van der Waals surface area contributed by atoms with Gasteiger partial charge < -0.3 is 4.74 Å². The minimum absolute atomic E-state index is 0.0698. The summed E-state index contributed by atoms with van der Waals surface area (Å²) in [4.78, 5) is 9.86. The van der Waals surface area contributed by atoms with Crippen LogP contribution in [0.5, 0.6) is 5.75 Å². The third-order valence-corrected chi connectivity index (χ3v) is 6.97. The molecule has 6 nitrogen and oxygen atoms in total. The standard InChI is InChI=1S/C26H32FN5O/c1-4-11-31-16-20-17-33-21-8-9-24(27)22(14-21)23-15-28-32-13-10-19(29-25(23)32)7-5-6-12-30(20)18-26(31,2)3/h4,8-10,13-15,20H,1,5-7,11-12,16-18H2,2-3H3/t20-/m0/s1. The van der Waals surface area contributed by atoms with Crippen molar-refractivity contribution in [3.63, 3.8) is 0 Å². The molecule has 5 rings (SSSR count). The average Bonchev–Trinajstić information content (AvgIpc) is 3.21. The highest BCUT2D eigenvalue weighted by atomic mass is 19.1. The van der Waals surface area contributed by atoms with Crippen LogP contribution in [0.25, 0.3) is 16.8 Å². The summed E-state index contributed by atoms with van der Waals surface area (Å²) in [6.07, 6.45) is 8.61. The highest BCUT2D eigenvalue weighted by Gasteiger charge is 2.38. The van der Waals surface area contributed by atoms with Gasteiger partial charge in [0.2, 0.25) is 0 Å². The van der Waals surface area contributed by atoms with Gasteiger partial charge in [0.15, 0.2) is 5.65 Å². The molecular weight excluding hydrogens is 417 g/mol. The molecule has 2 aliphatic heterocycles. The van der Waals surface area contributed by atoms with Gasteiger partial charge >= 0.3 is 0 Å². The normalized spacial score (nSPS) is 21.7. The van der Waals surface area contributed by atoms with Gasteiger partial charge in [-0.3, -0.25) is 9.80 Å². The summed E-state index contributed by atoms with van der Waals surface area (Å²) < 4.78 is 22.8. The van der Waals surface area contributed by atoms with Gasteiger partial charge in [0.1, 0.15) is 18.2 Å². The summed E-state index contributed by atoms with van der Waals surface area (Å²) >= 11 is 0. The van der Waals surface area contributed by atoms with E-state index in [1.54, 1.807) is 22.8 Å². The van der Waals surface area contributed by atoms with Gasteiger partial charge in [-0.1, -0.05) is 6.08 Å². The van der Waals surface area contributed by atoms with Gasteiger partial charge in [0, 0.05) is 48.2 Å². The zero-order chi connectivity index (χ0) is 23.0. The first kappa shape index (κ1) is 22.0. The van der Waals surface area contributed by atoms with Crippen LogP contribution in [0.2, 0.25) is 0 Å². The monoisotopic (exact) mass is 449 g/mol. The molecule has 0 N–H and O–H groups in total. The van der Waals surface area contributed by atoms with Crippen LogP contribution >= 0.6 is 0 Å². The summed E-state index contributed by atoms with van der Waals surface area (Å²) in [5.74, 6) is 0.365. The van der Waals surface area contributed by atoms with E-state index in [0.717, 1.165) is 51.1 Å². The second-order valence-corrected chi connectivity index (χ2v) is 9.79. The molecule has 0 radical (unpaired) electrons. The number of piperazine rings is 1. The lowest BCUT2D eigenvalue weighted by Crippen LogP contribution is -2.64. The molecule has 33 heavy (non-hydrogen) atoms. The zero-order valence-corrected chi connectivity index (χ0v) is 19.5. The predicted molar refractivity (Wildman–Crippen MR) is 128 cm³/mol. The topological polar surface area (TPSA) is 45.9 Å². The fraction of sp³-hybridized carbons (Fsp3) is 0.462. The molecule has 7 heteroatoms. The van der Waals surface area contributed by atoms with Gasteiger partial charge in [-0.15, -0.1) is 6.58 Å². The summed E-state index contributed by atoms with van der Waals surface area (Å²) in [6, 6.07) is 7.23. The molecule has 174 valence electrons. The number of aryl methyl sites for hydroxylation is 1. The Bertz CT molecular complexity index is 1160. The van der Waals surface area contributed by atoms with E-state index in [-0.39, 0.29) is 17.4 Å². The minimum Gasteiger partial charge on any atom is -0.492 e. The molecule has 4 bridgehead atoms. The molecule has 0 amide bonds. The Kier molecular flexibility index (Phi) is 5.93. The van der Waals surface area contributed by atoms with Crippen LogP contribution in [0.3, 0.4) is 0 Å². The fourth-order valence-corrected chi connectivity index (χ4v) is 5.09. The Morgan fingerprint density at radius 3 is 2.97 bits per heavy atom. The van der Waals surface area contributed by atoms with Gasteiger partial charge in [0.25, 0.3) is 0 Å². The highest BCUT2D eigenvalue weighted by molar-refractivity contribution is 5.78. The third-order valence-electron chi connectivity index (χ3n) is 6.97. The molecule has 1 aromatic carbocycles. The van der Waals surface area contributed by atoms with Gasteiger partial charge in [0.05, 0.1) is 12.2 Å². The van der Waals surface area contributed by atoms with Crippen LogP contribution in [0, 0.1) is 5.82 Å². The fourth-order valence-electron chi connectivity index (χ4n) is 5.09. The second kappa shape index (κ2) is 8.88. The van der Waals surface area contributed by atoms with Crippen molar-refractivity contribution in [1.29, 1.82) is 0 Å². The van der Waals surface area contributed by atoms with Gasteiger partial charge in [-0.25, -0.2) is 13.9 Å². The number of halogens is 1. The summed E-state index contributed by atoms with van der Waals surface area (Å²) in [5.41, 5.74) is 2.92. The van der Waals surface area contributed by atoms with Crippen LogP contribution in [0.4, 0.5) is 4.39 Å². The van der Waals surface area contributed by atoms with E-state index in [4.69, 9.17) is 9.72 Å². The smallest absolute Gasteiger partial charge is 0.163 e. The van der Waals surface area contributed by atoms with Crippen molar-refractivity contribution in [1.82, 2.24) is 24.4 Å². The van der Waals surface area contributed by atoms with Crippen molar-refractivity contribution in [2.75, 3.05) is 32.8 Å². The number of ether oxygens (including phenoxy) is 1. The highest BCUT2D eigenvalue weighted by Crippen LogP contribution is 2.31. The SMILES string of the molecule is C=CCN1C[C@H]2COc3ccc(F)c(c3)-c3cnn4ccc(nc34)CCCCN2CC1(C)C. The summed E-state index contributed by atoms with van der Waals surface area (Å²) in [7, 11) is 0. The first-order chi connectivity index (χ1) is 15.9. The molecule has 0 saturated carbocycles. The summed E-state index contributed by atoms with van der Waals surface area (Å²) in [6.45, 7) is 12.9. The lowest BCUT2D eigenvalue weighted by molar-refractivity contribution is -0.0255. The quantitative estimate of drug-likeness (QED) is 0.549. The van der Waals surface area contributed by atoms with E-state index in [2.05, 4.69) is 35.3 Å². The third kappa shape index (κ3) is 4.39. The molecule has 2 aliphatic rings. The maximum Gasteiger partial charge on any atom is 0.163 e. The maximum absolute atomic E-state index is 14.9. The van der Waals surface area contributed by atoms with Crippen molar-refractivity contribution in [3.05, 3.63) is 60.8 Å². The zero-order valence-electron chi connectivity index (χ0n) is 19.5. The first-order valence-corrected chi connectivity index (χ1v) is 11.8. The number of rotatable bonds is 2. The van der Waals surface area contributed by atoms with Crippen molar-refractivity contribution in [2.45, 2.75) is 44.7 Å².